The van der Waals surface area contributed by atoms with Crippen molar-refractivity contribution in [1.82, 2.24) is 4.90 Å². The van der Waals surface area contributed by atoms with Gasteiger partial charge in [0.2, 0.25) is 13.3 Å². The third-order valence-corrected chi connectivity index (χ3v) is 8.48. The maximum atomic E-state index is 12.8. The summed E-state index contributed by atoms with van der Waals surface area (Å²) in [4.78, 5) is 36.2. The second kappa shape index (κ2) is 10.6. The van der Waals surface area contributed by atoms with Crippen LogP contribution in [-0.2, 0) is 20.6 Å². The molecule has 7 heteroatoms. The lowest BCUT2D eigenvalue weighted by Gasteiger charge is -2.27. The van der Waals surface area contributed by atoms with E-state index in [0.717, 1.165) is 25.7 Å². The van der Waals surface area contributed by atoms with E-state index < -0.39 is 31.4 Å². The van der Waals surface area contributed by atoms with Gasteiger partial charge in [-0.2, -0.15) is 0 Å². The van der Waals surface area contributed by atoms with Gasteiger partial charge < -0.3 is 14.9 Å². The van der Waals surface area contributed by atoms with E-state index in [-0.39, 0.29) is 12.1 Å². The Morgan fingerprint density at radius 3 is 2.40 bits per heavy atom. The number of carbonyl (C=O) groups is 2. The molecule has 3 atom stereocenters. The van der Waals surface area contributed by atoms with Crippen molar-refractivity contribution in [1.29, 1.82) is 0 Å². The Morgan fingerprint density at radius 1 is 1.03 bits per heavy atom. The molecule has 3 rings (SSSR count). The van der Waals surface area contributed by atoms with Gasteiger partial charge in [0.25, 0.3) is 0 Å². The molecule has 1 aliphatic carbocycles. The monoisotopic (exact) mass is 435 g/mol. The molecule has 2 fully saturated rings. The predicted molar refractivity (Wildman–Crippen MR) is 117 cm³/mol. The predicted octanol–water partition coefficient (Wildman–Crippen LogP) is 4.16. The maximum Gasteiger partial charge on any atom is 0.326 e. The van der Waals surface area contributed by atoms with Crippen molar-refractivity contribution in [3.63, 3.8) is 0 Å². The number of carboxylic acid groups (broad SMARTS) is 1. The number of hydrogen-bond donors (Lipinski definition) is 2. The zero-order valence-electron chi connectivity index (χ0n) is 17.6. The van der Waals surface area contributed by atoms with Crippen LogP contribution in [-0.4, -0.2) is 51.7 Å². The second-order valence-electron chi connectivity index (χ2n) is 8.96. The zero-order valence-corrected chi connectivity index (χ0v) is 18.5. The molecule has 1 saturated carbocycles. The summed E-state index contributed by atoms with van der Waals surface area (Å²) in [7, 11) is -3.62. The normalized spacial score (nSPS) is 24.5. The Balaban J connectivity index is 1.50. The van der Waals surface area contributed by atoms with Crippen molar-refractivity contribution in [3.8, 4) is 0 Å². The summed E-state index contributed by atoms with van der Waals surface area (Å²) in [6.07, 6.45) is 8.08. The molecule has 166 valence electrons. The van der Waals surface area contributed by atoms with E-state index >= 15 is 0 Å². The highest BCUT2D eigenvalue weighted by atomic mass is 31.2. The number of likely N-dealkylation sites (tertiary alicyclic amines) is 1. The SMILES string of the molecule is O=C(O)[C@H]1C[C@@H](C2CCCCC2)CN1C(=O)CP(=O)(O)CCCCc1ccccc1. The van der Waals surface area contributed by atoms with Gasteiger partial charge in [0.15, 0.2) is 0 Å². The van der Waals surface area contributed by atoms with Crippen molar-refractivity contribution in [3.05, 3.63) is 35.9 Å². The van der Waals surface area contributed by atoms with E-state index in [2.05, 4.69) is 0 Å². The molecule has 1 aromatic rings. The molecule has 2 aliphatic rings. The number of amides is 1. The Morgan fingerprint density at radius 2 is 1.73 bits per heavy atom. The van der Waals surface area contributed by atoms with Gasteiger partial charge in [-0.3, -0.25) is 9.36 Å². The first-order chi connectivity index (χ1) is 14.4. The molecular formula is C23H34NO5P. The van der Waals surface area contributed by atoms with E-state index in [0.29, 0.717) is 25.3 Å². The summed E-state index contributed by atoms with van der Waals surface area (Å²) in [5, 5.41) is 9.60. The Hall–Kier alpha value is -1.65. The van der Waals surface area contributed by atoms with Gasteiger partial charge in [-0.25, -0.2) is 4.79 Å². The minimum atomic E-state index is -3.62. The van der Waals surface area contributed by atoms with E-state index in [1.807, 2.05) is 30.3 Å². The van der Waals surface area contributed by atoms with Gasteiger partial charge in [-0.15, -0.1) is 0 Å². The highest BCUT2D eigenvalue weighted by Gasteiger charge is 2.43. The number of benzene rings is 1. The molecule has 0 spiro atoms. The smallest absolute Gasteiger partial charge is 0.326 e. The zero-order chi connectivity index (χ0) is 21.6. The van der Waals surface area contributed by atoms with E-state index in [1.54, 1.807) is 0 Å². The average molecular weight is 436 g/mol. The van der Waals surface area contributed by atoms with Crippen molar-refractivity contribution < 1.29 is 24.2 Å². The van der Waals surface area contributed by atoms with Crippen LogP contribution in [0.4, 0.5) is 0 Å². The number of carbonyl (C=O) groups excluding carboxylic acids is 1. The number of hydrogen-bond acceptors (Lipinski definition) is 3. The van der Waals surface area contributed by atoms with Gasteiger partial charge in [0.1, 0.15) is 12.2 Å². The van der Waals surface area contributed by atoms with Gasteiger partial charge in [-0.1, -0.05) is 62.4 Å². The minimum absolute atomic E-state index is 0.100. The van der Waals surface area contributed by atoms with Gasteiger partial charge in [0.05, 0.1) is 0 Å². The molecule has 6 nitrogen and oxygen atoms in total. The fourth-order valence-corrected chi connectivity index (χ4v) is 6.52. The van der Waals surface area contributed by atoms with Crippen molar-refractivity contribution >= 4 is 19.2 Å². The molecule has 1 aromatic carbocycles. The summed E-state index contributed by atoms with van der Waals surface area (Å²) in [5.41, 5.74) is 1.19. The molecule has 1 unspecified atom stereocenters. The Kier molecular flexibility index (Phi) is 8.13. The molecule has 1 heterocycles. The fourth-order valence-electron chi connectivity index (χ4n) is 5.04. The average Bonchev–Trinajstić information content (AvgIpc) is 3.19. The highest BCUT2D eigenvalue weighted by Crippen LogP contribution is 2.43. The lowest BCUT2D eigenvalue weighted by Crippen LogP contribution is -2.42. The maximum absolute atomic E-state index is 12.8. The number of unbranched alkanes of at least 4 members (excludes halogenated alkanes) is 1. The summed E-state index contributed by atoms with van der Waals surface area (Å²) in [6.45, 7) is 0.411. The molecule has 1 saturated heterocycles. The van der Waals surface area contributed by atoms with Gasteiger partial charge >= 0.3 is 5.97 Å². The first-order valence-electron chi connectivity index (χ1n) is 11.2. The van der Waals surface area contributed by atoms with Crippen molar-refractivity contribution in [2.24, 2.45) is 11.8 Å². The van der Waals surface area contributed by atoms with Gasteiger partial charge in [0, 0.05) is 12.7 Å². The number of rotatable bonds is 9. The van der Waals surface area contributed by atoms with Crippen LogP contribution in [0.15, 0.2) is 30.3 Å². The van der Waals surface area contributed by atoms with Crippen LogP contribution >= 0.6 is 7.37 Å². The molecule has 0 bridgehead atoms. The van der Waals surface area contributed by atoms with Crippen LogP contribution in [0.2, 0.25) is 0 Å². The number of aliphatic carboxylic acids is 1. The lowest BCUT2D eigenvalue weighted by atomic mass is 9.79. The second-order valence-corrected chi connectivity index (χ2v) is 11.4. The topological polar surface area (TPSA) is 94.9 Å². The van der Waals surface area contributed by atoms with E-state index in [9.17, 15) is 24.2 Å². The lowest BCUT2D eigenvalue weighted by molar-refractivity contribution is -0.147. The van der Waals surface area contributed by atoms with E-state index in [4.69, 9.17) is 0 Å². The molecule has 2 N–H and O–H groups in total. The highest BCUT2D eigenvalue weighted by molar-refractivity contribution is 7.58. The molecule has 1 amide bonds. The number of carboxylic acids is 1. The Labute approximate surface area is 179 Å². The molecular weight excluding hydrogens is 401 g/mol. The third-order valence-electron chi connectivity index (χ3n) is 6.70. The summed E-state index contributed by atoms with van der Waals surface area (Å²) < 4.78 is 12.6. The number of nitrogens with zero attached hydrogens (tertiary/aromatic N) is 1. The van der Waals surface area contributed by atoms with Crippen LogP contribution < -0.4 is 0 Å². The molecule has 0 radical (unpaired) electrons. The van der Waals surface area contributed by atoms with Crippen LogP contribution in [0, 0.1) is 11.8 Å². The first kappa shape index (κ1) is 23.0. The summed E-state index contributed by atoms with van der Waals surface area (Å²) >= 11 is 0. The third kappa shape index (κ3) is 6.42. The van der Waals surface area contributed by atoms with Crippen molar-refractivity contribution in [2.45, 2.75) is 63.8 Å². The van der Waals surface area contributed by atoms with E-state index in [1.165, 1.54) is 29.7 Å². The summed E-state index contributed by atoms with van der Waals surface area (Å²) in [6, 6.07) is 9.11. The van der Waals surface area contributed by atoms with Crippen LogP contribution in [0.3, 0.4) is 0 Å². The molecule has 1 aliphatic heterocycles. The number of aryl methyl sites for hydroxylation is 1. The Bertz CT molecular complexity index is 762. The van der Waals surface area contributed by atoms with Crippen LogP contribution in [0.1, 0.15) is 56.9 Å². The van der Waals surface area contributed by atoms with Crippen molar-refractivity contribution in [2.75, 3.05) is 18.9 Å². The summed E-state index contributed by atoms with van der Waals surface area (Å²) in [5.74, 6) is -0.816. The first-order valence-corrected chi connectivity index (χ1v) is 13.3. The molecule has 0 aromatic heterocycles. The van der Waals surface area contributed by atoms with Crippen LogP contribution in [0.5, 0.6) is 0 Å². The quantitative estimate of drug-likeness (QED) is 0.449. The van der Waals surface area contributed by atoms with Crippen LogP contribution in [0.25, 0.3) is 0 Å². The fraction of sp³-hybridized carbons (Fsp3) is 0.652. The minimum Gasteiger partial charge on any atom is -0.480 e. The standard InChI is InChI=1S/C23H34NO5P/c25-22(17-30(28,29)14-8-7-11-18-9-3-1-4-10-18)24-16-20(15-21(24)23(26)27)19-12-5-2-6-13-19/h1,3-4,9-10,19-21H,2,5-8,11-17H2,(H,26,27)(H,28,29)/t20-,21-/m1/s1. The largest absolute Gasteiger partial charge is 0.480 e. The van der Waals surface area contributed by atoms with Gasteiger partial charge in [-0.05, 0) is 43.1 Å². The molecule has 30 heavy (non-hydrogen) atoms.